The lowest BCUT2D eigenvalue weighted by molar-refractivity contribution is -0.144. The molecule has 0 saturated carbocycles. The van der Waals surface area contributed by atoms with Crippen molar-refractivity contribution in [3.05, 3.63) is 0 Å². The molecule has 0 fully saturated rings. The number of nitrogens with two attached hydrogens (primary N) is 3. The minimum Gasteiger partial charge on any atom is -0.481 e. The molecule has 7 heteroatoms. The molecule has 0 radical (unpaired) electrons. The van der Waals surface area contributed by atoms with E-state index in [0.29, 0.717) is 13.1 Å². The van der Waals surface area contributed by atoms with Gasteiger partial charge in [0.05, 0.1) is 6.42 Å². The summed E-state index contributed by atoms with van der Waals surface area (Å²) >= 11 is 0. The minimum atomic E-state index is -1.29. The normalized spacial score (nSPS) is 11.0. The summed E-state index contributed by atoms with van der Waals surface area (Å²) in [5.74, 6) is -2.50. The van der Waals surface area contributed by atoms with Gasteiger partial charge in [0, 0.05) is 13.1 Å². The first-order valence-electron chi connectivity index (χ1n) is 3.56. The zero-order valence-electron chi connectivity index (χ0n) is 7.14. The fourth-order valence-corrected chi connectivity index (χ4v) is 0.275. The maximum absolute atomic E-state index is 9.85. The van der Waals surface area contributed by atoms with Crippen molar-refractivity contribution in [2.75, 3.05) is 13.1 Å². The second-order valence-electron chi connectivity index (χ2n) is 2.12. The molecule has 0 heterocycles. The first kappa shape index (κ1) is 14.3. The summed E-state index contributed by atoms with van der Waals surface area (Å²) in [7, 11) is 0. The summed E-state index contributed by atoms with van der Waals surface area (Å²) in [6.07, 6.45) is -0.532. The van der Waals surface area contributed by atoms with Gasteiger partial charge in [-0.05, 0) is 0 Å². The van der Waals surface area contributed by atoms with Crippen LogP contribution in [0.3, 0.4) is 0 Å². The van der Waals surface area contributed by atoms with Crippen molar-refractivity contribution in [1.29, 1.82) is 0 Å². The van der Waals surface area contributed by atoms with Gasteiger partial charge in [0.1, 0.15) is 6.04 Å². The molecule has 0 bridgehead atoms. The molecule has 0 amide bonds. The van der Waals surface area contributed by atoms with Crippen LogP contribution in [0.5, 0.6) is 0 Å². The highest BCUT2D eigenvalue weighted by atomic mass is 16.4. The lowest BCUT2D eigenvalue weighted by Gasteiger charge is -1.99. The van der Waals surface area contributed by atoms with E-state index in [1.54, 1.807) is 0 Å². The topological polar surface area (TPSA) is 153 Å². The van der Waals surface area contributed by atoms with Crippen molar-refractivity contribution in [3.63, 3.8) is 0 Å². The zero-order valence-corrected chi connectivity index (χ0v) is 7.14. The first-order valence-corrected chi connectivity index (χ1v) is 3.56. The van der Waals surface area contributed by atoms with E-state index in [2.05, 4.69) is 0 Å². The van der Waals surface area contributed by atoms with Crippen LogP contribution in [0.25, 0.3) is 0 Å². The monoisotopic (exact) mass is 193 g/mol. The molecule has 0 spiro atoms. The predicted molar refractivity (Wildman–Crippen MR) is 46.0 cm³/mol. The molecule has 0 aromatic heterocycles. The number of hydrogen-bond acceptors (Lipinski definition) is 5. The van der Waals surface area contributed by atoms with Crippen molar-refractivity contribution in [2.24, 2.45) is 17.2 Å². The molecule has 0 rings (SSSR count). The Morgan fingerprint density at radius 3 is 1.62 bits per heavy atom. The Kier molecular flexibility index (Phi) is 9.84. The highest BCUT2D eigenvalue weighted by Gasteiger charge is 2.14. The van der Waals surface area contributed by atoms with Crippen molar-refractivity contribution in [1.82, 2.24) is 0 Å². The lowest BCUT2D eigenvalue weighted by Crippen LogP contribution is -2.32. The molecule has 0 saturated heterocycles. The van der Waals surface area contributed by atoms with Crippen LogP contribution in [0.15, 0.2) is 0 Å². The van der Waals surface area contributed by atoms with Gasteiger partial charge in [-0.2, -0.15) is 0 Å². The average molecular weight is 193 g/mol. The van der Waals surface area contributed by atoms with Crippen LogP contribution >= 0.6 is 0 Å². The van der Waals surface area contributed by atoms with Crippen LogP contribution < -0.4 is 17.2 Å². The standard InChI is InChI=1S/C4H7NO4.C2H8N2/c5-2(4(8)9)1-3(6)7;3-1-2-4/h2H,1,5H2,(H,6,7)(H,8,9);1-4H2/t2-;/m0./s1. The van der Waals surface area contributed by atoms with E-state index in [0.717, 1.165) is 0 Å². The van der Waals surface area contributed by atoms with Gasteiger partial charge in [-0.15, -0.1) is 0 Å². The van der Waals surface area contributed by atoms with E-state index in [9.17, 15) is 9.59 Å². The van der Waals surface area contributed by atoms with Gasteiger partial charge < -0.3 is 27.4 Å². The Balaban J connectivity index is 0. The minimum absolute atomic E-state index is 0.532. The van der Waals surface area contributed by atoms with E-state index in [1.807, 2.05) is 0 Å². The van der Waals surface area contributed by atoms with E-state index in [-0.39, 0.29) is 0 Å². The maximum atomic E-state index is 9.85. The first-order chi connectivity index (χ1) is 5.95. The molecule has 78 valence electrons. The van der Waals surface area contributed by atoms with Crippen LogP contribution in [0.2, 0.25) is 0 Å². The zero-order chi connectivity index (χ0) is 10.9. The Bertz CT molecular complexity index is 160. The van der Waals surface area contributed by atoms with E-state index < -0.39 is 24.4 Å². The fourth-order valence-electron chi connectivity index (χ4n) is 0.275. The molecule has 0 aromatic carbocycles. The smallest absolute Gasteiger partial charge is 0.321 e. The SMILES string of the molecule is NCCN.N[C@@H](CC(=O)O)C(=O)O. The Morgan fingerprint density at radius 1 is 1.15 bits per heavy atom. The molecule has 0 aliphatic carbocycles. The second-order valence-corrected chi connectivity index (χ2v) is 2.12. The molecule has 0 unspecified atom stereocenters. The Labute approximate surface area is 75.5 Å². The summed E-state index contributed by atoms with van der Waals surface area (Å²) in [5.41, 5.74) is 14.6. The van der Waals surface area contributed by atoms with Crippen LogP contribution in [0, 0.1) is 0 Å². The van der Waals surface area contributed by atoms with Gasteiger partial charge in [0.2, 0.25) is 0 Å². The third kappa shape index (κ3) is 13.8. The van der Waals surface area contributed by atoms with Crippen molar-refractivity contribution >= 4 is 11.9 Å². The van der Waals surface area contributed by atoms with Gasteiger partial charge >= 0.3 is 11.9 Å². The lowest BCUT2D eigenvalue weighted by atomic mass is 10.2. The van der Waals surface area contributed by atoms with Crippen LogP contribution in [-0.2, 0) is 9.59 Å². The number of carbonyl (C=O) groups is 2. The number of carboxylic acids is 2. The largest absolute Gasteiger partial charge is 0.481 e. The highest BCUT2D eigenvalue weighted by Crippen LogP contribution is 1.86. The summed E-state index contributed by atoms with van der Waals surface area (Å²) in [6.45, 7) is 1.19. The molecular formula is C6H15N3O4. The van der Waals surface area contributed by atoms with Crippen molar-refractivity contribution in [3.8, 4) is 0 Å². The van der Waals surface area contributed by atoms with Crippen molar-refractivity contribution in [2.45, 2.75) is 12.5 Å². The number of aliphatic carboxylic acids is 2. The maximum Gasteiger partial charge on any atom is 0.321 e. The number of carboxylic acid groups (broad SMARTS) is 2. The molecular weight excluding hydrogens is 178 g/mol. The third-order valence-electron chi connectivity index (χ3n) is 0.878. The molecule has 8 N–H and O–H groups in total. The molecule has 0 aromatic rings. The summed E-state index contributed by atoms with van der Waals surface area (Å²) in [5, 5.41) is 16.0. The molecule has 0 aliphatic heterocycles. The number of hydrogen-bond donors (Lipinski definition) is 5. The van der Waals surface area contributed by atoms with Gasteiger partial charge in [-0.25, -0.2) is 0 Å². The molecule has 7 nitrogen and oxygen atoms in total. The van der Waals surface area contributed by atoms with Gasteiger partial charge in [-0.3, -0.25) is 9.59 Å². The molecule has 13 heavy (non-hydrogen) atoms. The number of rotatable bonds is 4. The summed E-state index contributed by atoms with van der Waals surface area (Å²) in [4.78, 5) is 19.6. The third-order valence-corrected chi connectivity index (χ3v) is 0.878. The highest BCUT2D eigenvalue weighted by molar-refractivity contribution is 5.80. The predicted octanol–water partition coefficient (Wildman–Crippen LogP) is -2.22. The Hall–Kier alpha value is -1.18. The van der Waals surface area contributed by atoms with Crippen LogP contribution in [-0.4, -0.2) is 41.3 Å². The van der Waals surface area contributed by atoms with Gasteiger partial charge in [-0.1, -0.05) is 0 Å². The molecule has 1 atom stereocenters. The Morgan fingerprint density at radius 2 is 1.54 bits per heavy atom. The average Bonchev–Trinajstić information content (AvgIpc) is 2.03. The second kappa shape index (κ2) is 8.91. The van der Waals surface area contributed by atoms with Gasteiger partial charge in [0.15, 0.2) is 0 Å². The van der Waals surface area contributed by atoms with Crippen LogP contribution in [0.1, 0.15) is 6.42 Å². The summed E-state index contributed by atoms with van der Waals surface area (Å²) < 4.78 is 0. The summed E-state index contributed by atoms with van der Waals surface area (Å²) in [6, 6.07) is -1.29. The van der Waals surface area contributed by atoms with E-state index in [4.69, 9.17) is 27.4 Å². The van der Waals surface area contributed by atoms with Crippen LogP contribution in [0.4, 0.5) is 0 Å². The quantitative estimate of drug-likeness (QED) is 0.339. The van der Waals surface area contributed by atoms with Gasteiger partial charge in [0.25, 0.3) is 0 Å². The van der Waals surface area contributed by atoms with E-state index in [1.165, 1.54) is 0 Å². The van der Waals surface area contributed by atoms with Crippen molar-refractivity contribution < 1.29 is 19.8 Å². The molecule has 0 aliphatic rings. The van der Waals surface area contributed by atoms with E-state index >= 15 is 0 Å². The fraction of sp³-hybridized carbons (Fsp3) is 0.667.